The summed E-state index contributed by atoms with van der Waals surface area (Å²) in [6.07, 6.45) is 2.44. The molecule has 0 bridgehead atoms. The Morgan fingerprint density at radius 1 is 1.08 bits per heavy atom. The summed E-state index contributed by atoms with van der Waals surface area (Å²) in [4.78, 5) is 27.5. The van der Waals surface area contributed by atoms with Crippen molar-refractivity contribution in [2.45, 2.75) is 45.8 Å². The molecule has 192 valence electrons. The second-order valence-corrected chi connectivity index (χ2v) is 9.52. The maximum Gasteiger partial charge on any atom is 0.234 e. The van der Waals surface area contributed by atoms with Gasteiger partial charge < -0.3 is 29.6 Å². The van der Waals surface area contributed by atoms with Gasteiger partial charge in [0.05, 0.1) is 13.2 Å². The van der Waals surface area contributed by atoms with E-state index in [1.165, 1.54) is 0 Å². The number of hydrogen-bond donors (Lipinski definition) is 2. The van der Waals surface area contributed by atoms with Crippen LogP contribution in [0.4, 0.5) is 5.69 Å². The van der Waals surface area contributed by atoms with Crippen LogP contribution < -0.4 is 29.6 Å². The molecule has 9 nitrogen and oxygen atoms in total. The largest absolute Gasteiger partial charge is 0.494 e. The number of ether oxygens (including phenoxy) is 4. The van der Waals surface area contributed by atoms with Crippen LogP contribution >= 0.6 is 0 Å². The molecule has 2 N–H and O–H groups in total. The molecule has 0 radical (unpaired) electrons. The molecule has 2 aromatic rings. The third-order valence-electron chi connectivity index (χ3n) is 6.82. The minimum absolute atomic E-state index is 0.00503. The quantitative estimate of drug-likeness (QED) is 0.581. The molecule has 0 aliphatic carbocycles. The molecular weight excluding hydrogens is 462 g/mol. The van der Waals surface area contributed by atoms with Crippen LogP contribution in [-0.4, -0.2) is 55.9 Å². The number of amides is 2. The number of carbonyl (C=O) groups is 2. The first-order valence-corrected chi connectivity index (χ1v) is 12.6. The molecular formula is C27H33N3O6. The van der Waals surface area contributed by atoms with Crippen molar-refractivity contribution in [2.75, 3.05) is 38.4 Å². The zero-order valence-electron chi connectivity index (χ0n) is 20.8. The summed E-state index contributed by atoms with van der Waals surface area (Å²) in [7, 11) is 0. The lowest BCUT2D eigenvalue weighted by atomic mass is 9.95. The van der Waals surface area contributed by atoms with E-state index in [9.17, 15) is 9.59 Å². The van der Waals surface area contributed by atoms with Gasteiger partial charge in [-0.05, 0) is 64.0 Å². The zero-order valence-corrected chi connectivity index (χ0v) is 20.8. The first-order chi connectivity index (χ1) is 17.5. The number of hydrogen-bond acceptors (Lipinski definition) is 7. The van der Waals surface area contributed by atoms with Gasteiger partial charge in [0.2, 0.25) is 18.6 Å². The lowest BCUT2D eigenvalue weighted by molar-refractivity contribution is -0.123. The number of fused-ring (bicyclic) bond motifs is 2. The average Bonchev–Trinajstić information content (AvgIpc) is 3.48. The van der Waals surface area contributed by atoms with E-state index >= 15 is 0 Å². The van der Waals surface area contributed by atoms with Crippen LogP contribution in [-0.2, 0) is 22.6 Å². The topological polar surface area (TPSA) is 98.4 Å². The van der Waals surface area contributed by atoms with E-state index in [2.05, 4.69) is 15.5 Å². The van der Waals surface area contributed by atoms with Crippen LogP contribution in [0, 0.1) is 5.92 Å². The Hall–Kier alpha value is -3.46. The lowest BCUT2D eigenvalue weighted by Gasteiger charge is -2.30. The van der Waals surface area contributed by atoms with Crippen LogP contribution in [0.5, 0.6) is 23.0 Å². The summed E-state index contributed by atoms with van der Waals surface area (Å²) in [6.45, 7) is 6.84. The number of nitrogens with one attached hydrogen (secondary N) is 2. The SMILES string of the molecule is CCOc1cc2c(cc1CNC(=O)CN1CCC(C(=O)Nc3ccc4c(c3)OCO4)CC1)O[C@@H](C)C2. The molecule has 0 unspecified atom stereocenters. The first-order valence-electron chi connectivity index (χ1n) is 12.6. The third-order valence-corrected chi connectivity index (χ3v) is 6.82. The number of carbonyl (C=O) groups excluding carboxylic acids is 2. The van der Waals surface area contributed by atoms with Crippen molar-refractivity contribution < 1.29 is 28.5 Å². The fraction of sp³-hybridized carbons (Fsp3) is 0.481. The molecule has 1 atom stereocenters. The fourth-order valence-corrected chi connectivity index (χ4v) is 4.93. The third kappa shape index (κ3) is 5.51. The van der Waals surface area contributed by atoms with E-state index < -0.39 is 0 Å². The Bertz CT molecular complexity index is 1130. The van der Waals surface area contributed by atoms with E-state index in [4.69, 9.17) is 18.9 Å². The molecule has 1 fully saturated rings. The van der Waals surface area contributed by atoms with Crippen molar-refractivity contribution >= 4 is 17.5 Å². The van der Waals surface area contributed by atoms with Crippen molar-refractivity contribution in [3.8, 4) is 23.0 Å². The van der Waals surface area contributed by atoms with Crippen molar-refractivity contribution in [3.63, 3.8) is 0 Å². The summed E-state index contributed by atoms with van der Waals surface area (Å²) in [5.41, 5.74) is 2.76. The number of piperidine rings is 1. The highest BCUT2D eigenvalue weighted by molar-refractivity contribution is 5.93. The van der Waals surface area contributed by atoms with E-state index in [0.717, 1.165) is 29.0 Å². The van der Waals surface area contributed by atoms with Crippen molar-refractivity contribution in [1.82, 2.24) is 10.2 Å². The Balaban J connectivity index is 1.08. The van der Waals surface area contributed by atoms with Crippen LogP contribution in [0.25, 0.3) is 0 Å². The Kier molecular flexibility index (Phi) is 7.18. The molecule has 3 aliphatic heterocycles. The van der Waals surface area contributed by atoms with E-state index in [1.807, 2.05) is 32.0 Å². The van der Waals surface area contributed by atoms with Gasteiger partial charge in [0.25, 0.3) is 0 Å². The van der Waals surface area contributed by atoms with Gasteiger partial charge in [0.15, 0.2) is 11.5 Å². The van der Waals surface area contributed by atoms with E-state index in [1.54, 1.807) is 12.1 Å². The lowest BCUT2D eigenvalue weighted by Crippen LogP contribution is -2.43. The molecule has 1 saturated heterocycles. The predicted molar refractivity (Wildman–Crippen MR) is 134 cm³/mol. The van der Waals surface area contributed by atoms with Crippen LogP contribution in [0.15, 0.2) is 30.3 Å². The zero-order chi connectivity index (χ0) is 25.1. The van der Waals surface area contributed by atoms with Gasteiger partial charge in [-0.15, -0.1) is 0 Å². The molecule has 9 heteroatoms. The number of likely N-dealkylation sites (tertiary alicyclic amines) is 1. The standard InChI is InChI=1S/C27H33N3O6/c1-3-33-23-11-19-10-17(2)36-24(19)12-20(23)14-28-26(31)15-30-8-6-18(7-9-30)27(32)29-21-4-5-22-25(13-21)35-16-34-22/h4-5,11-13,17-18H,3,6-10,14-16H2,1-2H3,(H,28,31)(H,29,32)/t17-/m0/s1. The number of rotatable bonds is 8. The summed E-state index contributed by atoms with van der Waals surface area (Å²) in [6, 6.07) is 9.41. The Morgan fingerprint density at radius 2 is 1.89 bits per heavy atom. The molecule has 3 heterocycles. The molecule has 0 spiro atoms. The Labute approximate surface area is 211 Å². The summed E-state index contributed by atoms with van der Waals surface area (Å²) in [5.74, 6) is 2.86. The smallest absolute Gasteiger partial charge is 0.234 e. The molecule has 2 amide bonds. The molecule has 3 aliphatic rings. The minimum atomic E-state index is -0.0858. The van der Waals surface area contributed by atoms with Crippen LogP contribution in [0.3, 0.4) is 0 Å². The highest BCUT2D eigenvalue weighted by Crippen LogP contribution is 2.36. The normalized spacial score (nSPS) is 18.9. The van der Waals surface area contributed by atoms with Crippen LogP contribution in [0.2, 0.25) is 0 Å². The summed E-state index contributed by atoms with van der Waals surface area (Å²) < 4.78 is 22.4. The molecule has 36 heavy (non-hydrogen) atoms. The van der Waals surface area contributed by atoms with E-state index in [0.29, 0.717) is 62.8 Å². The van der Waals surface area contributed by atoms with Crippen molar-refractivity contribution in [3.05, 3.63) is 41.5 Å². The number of nitrogens with zero attached hydrogens (tertiary/aromatic N) is 1. The number of benzene rings is 2. The molecule has 5 rings (SSSR count). The first kappa shape index (κ1) is 24.2. The molecule has 2 aromatic carbocycles. The maximum atomic E-state index is 12.7. The minimum Gasteiger partial charge on any atom is -0.494 e. The second-order valence-electron chi connectivity index (χ2n) is 9.52. The maximum absolute atomic E-state index is 12.7. The van der Waals surface area contributed by atoms with Gasteiger partial charge >= 0.3 is 0 Å². The van der Waals surface area contributed by atoms with Gasteiger partial charge in [-0.2, -0.15) is 0 Å². The van der Waals surface area contributed by atoms with Gasteiger partial charge in [0.1, 0.15) is 17.6 Å². The van der Waals surface area contributed by atoms with Gasteiger partial charge in [0, 0.05) is 41.8 Å². The number of anilines is 1. The van der Waals surface area contributed by atoms with Gasteiger partial charge in [-0.3, -0.25) is 14.5 Å². The Morgan fingerprint density at radius 3 is 2.69 bits per heavy atom. The summed E-state index contributed by atoms with van der Waals surface area (Å²) >= 11 is 0. The van der Waals surface area contributed by atoms with Crippen LogP contribution in [0.1, 0.15) is 37.8 Å². The second kappa shape index (κ2) is 10.7. The highest BCUT2D eigenvalue weighted by atomic mass is 16.7. The predicted octanol–water partition coefficient (Wildman–Crippen LogP) is 3.10. The van der Waals surface area contributed by atoms with Crippen molar-refractivity contribution in [1.29, 1.82) is 0 Å². The van der Waals surface area contributed by atoms with Gasteiger partial charge in [-0.1, -0.05) is 0 Å². The fourth-order valence-electron chi connectivity index (χ4n) is 4.93. The molecule has 0 aromatic heterocycles. The van der Waals surface area contributed by atoms with Crippen molar-refractivity contribution in [2.24, 2.45) is 5.92 Å². The van der Waals surface area contributed by atoms with Gasteiger partial charge in [-0.25, -0.2) is 0 Å². The molecule has 0 saturated carbocycles. The summed E-state index contributed by atoms with van der Waals surface area (Å²) in [5, 5.41) is 5.99. The highest BCUT2D eigenvalue weighted by Gasteiger charge is 2.27. The van der Waals surface area contributed by atoms with E-state index in [-0.39, 0.29) is 30.6 Å². The average molecular weight is 496 g/mol. The monoisotopic (exact) mass is 495 g/mol.